The van der Waals surface area contributed by atoms with Crippen LogP contribution < -0.4 is 0 Å². The van der Waals surface area contributed by atoms with Gasteiger partial charge in [-0.15, -0.1) is 0 Å². The van der Waals surface area contributed by atoms with Gasteiger partial charge in [-0.2, -0.15) is 0 Å². The molecule has 0 atom stereocenters. The Morgan fingerprint density at radius 1 is 0.850 bits per heavy atom. The van der Waals surface area contributed by atoms with Gasteiger partial charge in [0, 0.05) is 0 Å². The van der Waals surface area contributed by atoms with Crippen molar-refractivity contribution in [1.82, 2.24) is 0 Å². The Labute approximate surface area is 116 Å². The second-order valence-electron chi connectivity index (χ2n) is 5.82. The normalized spacial score (nSPS) is 11.6. The van der Waals surface area contributed by atoms with Crippen molar-refractivity contribution in [2.75, 3.05) is 0 Å². The summed E-state index contributed by atoms with van der Waals surface area (Å²) in [6.07, 6.45) is 0. The molecule has 0 aliphatic heterocycles. The van der Waals surface area contributed by atoms with Gasteiger partial charge in [0.15, 0.2) is 0 Å². The summed E-state index contributed by atoms with van der Waals surface area (Å²) >= 11 is 0. The van der Waals surface area contributed by atoms with E-state index in [1.54, 1.807) is 0 Å². The summed E-state index contributed by atoms with van der Waals surface area (Å²) in [5.74, 6) is -2.46. The van der Waals surface area contributed by atoms with Crippen LogP contribution in [-0.2, 0) is 5.41 Å². The molecule has 2 rings (SSSR count). The van der Waals surface area contributed by atoms with E-state index in [0.717, 1.165) is 16.3 Å². The van der Waals surface area contributed by atoms with Crippen molar-refractivity contribution in [3.8, 4) is 0 Å². The Bertz CT molecular complexity index is 708. The lowest BCUT2D eigenvalue weighted by atomic mass is 9.85. The topological polar surface area (TPSA) is 74.6 Å². The van der Waals surface area contributed by atoms with Crippen LogP contribution >= 0.6 is 0 Å². The number of carboxylic acid groups (broad SMARTS) is 2. The lowest BCUT2D eigenvalue weighted by Crippen LogP contribution is -2.11. The van der Waals surface area contributed by atoms with E-state index in [-0.39, 0.29) is 16.5 Å². The van der Waals surface area contributed by atoms with Gasteiger partial charge in [-0.3, -0.25) is 0 Å². The van der Waals surface area contributed by atoms with Crippen molar-refractivity contribution >= 4 is 22.7 Å². The Kier molecular flexibility index (Phi) is 3.26. The third-order valence-corrected chi connectivity index (χ3v) is 3.30. The number of hydrogen-bond donors (Lipinski definition) is 2. The molecule has 0 saturated carbocycles. The Morgan fingerprint density at radius 3 is 1.80 bits per heavy atom. The molecule has 2 aromatic carbocycles. The zero-order valence-corrected chi connectivity index (χ0v) is 11.6. The molecule has 0 radical (unpaired) electrons. The fourth-order valence-corrected chi connectivity index (χ4v) is 2.12. The molecule has 4 heteroatoms. The first kappa shape index (κ1) is 14.1. The van der Waals surface area contributed by atoms with E-state index in [4.69, 9.17) is 10.2 Å². The third-order valence-electron chi connectivity index (χ3n) is 3.30. The second-order valence-corrected chi connectivity index (χ2v) is 5.82. The van der Waals surface area contributed by atoms with Crippen molar-refractivity contribution in [2.24, 2.45) is 0 Å². The summed E-state index contributed by atoms with van der Waals surface area (Å²) in [4.78, 5) is 22.3. The highest BCUT2D eigenvalue weighted by Gasteiger charge is 2.19. The SMILES string of the molecule is CC(C)(C)c1ccc2cc(C(=O)O)c(C(=O)O)cc2c1. The standard InChI is InChI=1S/C16H16O4/c1-16(2,3)11-5-4-9-7-12(14(17)18)13(15(19)20)8-10(9)6-11/h4-8H,1-3H3,(H,17,18)(H,19,20). The van der Waals surface area contributed by atoms with Crippen molar-refractivity contribution in [3.05, 3.63) is 47.0 Å². The van der Waals surface area contributed by atoms with E-state index in [2.05, 4.69) is 20.8 Å². The number of carbonyl (C=O) groups is 2. The van der Waals surface area contributed by atoms with Crippen LogP contribution in [0.2, 0.25) is 0 Å². The van der Waals surface area contributed by atoms with Gasteiger partial charge < -0.3 is 10.2 Å². The van der Waals surface area contributed by atoms with Crippen molar-refractivity contribution in [1.29, 1.82) is 0 Å². The summed E-state index contributed by atoms with van der Waals surface area (Å²) in [6, 6.07) is 8.51. The number of carboxylic acids is 2. The highest BCUT2D eigenvalue weighted by atomic mass is 16.4. The molecule has 0 aliphatic carbocycles. The van der Waals surface area contributed by atoms with Gasteiger partial charge in [-0.25, -0.2) is 9.59 Å². The molecule has 0 heterocycles. The van der Waals surface area contributed by atoms with Crippen molar-refractivity contribution in [3.63, 3.8) is 0 Å². The van der Waals surface area contributed by atoms with Crippen LogP contribution in [0.25, 0.3) is 10.8 Å². The van der Waals surface area contributed by atoms with E-state index >= 15 is 0 Å². The van der Waals surface area contributed by atoms with E-state index < -0.39 is 11.9 Å². The second kappa shape index (κ2) is 4.63. The van der Waals surface area contributed by atoms with Crippen LogP contribution in [0.15, 0.2) is 30.3 Å². The van der Waals surface area contributed by atoms with E-state index in [1.165, 1.54) is 12.1 Å². The summed E-state index contributed by atoms with van der Waals surface area (Å²) < 4.78 is 0. The van der Waals surface area contributed by atoms with Gasteiger partial charge in [0.25, 0.3) is 0 Å². The fraction of sp³-hybridized carbons (Fsp3) is 0.250. The molecule has 0 aromatic heterocycles. The first-order chi connectivity index (χ1) is 9.20. The fourth-order valence-electron chi connectivity index (χ4n) is 2.12. The predicted molar refractivity (Wildman–Crippen MR) is 76.6 cm³/mol. The third kappa shape index (κ3) is 2.50. The largest absolute Gasteiger partial charge is 0.478 e. The molecule has 2 N–H and O–H groups in total. The molecule has 0 saturated heterocycles. The molecule has 4 nitrogen and oxygen atoms in total. The van der Waals surface area contributed by atoms with Crippen molar-refractivity contribution in [2.45, 2.75) is 26.2 Å². The number of aromatic carboxylic acids is 2. The van der Waals surface area contributed by atoms with Gasteiger partial charge in [0.2, 0.25) is 0 Å². The zero-order valence-electron chi connectivity index (χ0n) is 11.6. The van der Waals surface area contributed by atoms with Crippen LogP contribution in [-0.4, -0.2) is 22.2 Å². The Balaban J connectivity index is 2.75. The van der Waals surface area contributed by atoms with Gasteiger partial charge in [-0.1, -0.05) is 39.0 Å². The minimum absolute atomic E-state index is 0.0525. The zero-order chi connectivity index (χ0) is 15.1. The number of benzene rings is 2. The molecule has 0 bridgehead atoms. The quantitative estimate of drug-likeness (QED) is 0.877. The van der Waals surface area contributed by atoms with Crippen molar-refractivity contribution < 1.29 is 19.8 Å². The Morgan fingerprint density at radius 2 is 1.35 bits per heavy atom. The molecule has 0 amide bonds. The number of rotatable bonds is 2. The molecule has 0 spiro atoms. The summed E-state index contributed by atoms with van der Waals surface area (Å²) in [6.45, 7) is 6.20. The molecule has 0 aliphatic rings. The first-order valence-corrected chi connectivity index (χ1v) is 6.25. The molecular formula is C16H16O4. The lowest BCUT2D eigenvalue weighted by molar-refractivity contribution is 0.0652. The first-order valence-electron chi connectivity index (χ1n) is 6.25. The minimum Gasteiger partial charge on any atom is -0.478 e. The van der Waals surface area contributed by atoms with Gasteiger partial charge in [0.1, 0.15) is 0 Å². The summed E-state index contributed by atoms with van der Waals surface area (Å²) in [5.41, 5.74) is 0.650. The average molecular weight is 272 g/mol. The van der Waals surface area contributed by atoms with Gasteiger partial charge in [0.05, 0.1) is 11.1 Å². The highest BCUT2D eigenvalue weighted by molar-refractivity contribution is 6.06. The van der Waals surface area contributed by atoms with Crippen LogP contribution in [0.5, 0.6) is 0 Å². The summed E-state index contributed by atoms with van der Waals surface area (Å²) in [5, 5.41) is 19.7. The summed E-state index contributed by atoms with van der Waals surface area (Å²) in [7, 11) is 0. The Hall–Kier alpha value is -2.36. The molecular weight excluding hydrogens is 256 g/mol. The molecule has 104 valence electrons. The van der Waals surface area contributed by atoms with E-state index in [1.807, 2.05) is 18.2 Å². The van der Waals surface area contributed by atoms with Gasteiger partial charge >= 0.3 is 11.9 Å². The van der Waals surface area contributed by atoms with E-state index in [9.17, 15) is 9.59 Å². The van der Waals surface area contributed by atoms with Crippen LogP contribution in [0.4, 0.5) is 0 Å². The number of hydrogen-bond acceptors (Lipinski definition) is 2. The van der Waals surface area contributed by atoms with Crippen LogP contribution in [0.1, 0.15) is 47.1 Å². The molecule has 0 unspecified atom stereocenters. The highest BCUT2D eigenvalue weighted by Crippen LogP contribution is 2.28. The molecule has 0 fully saturated rings. The van der Waals surface area contributed by atoms with Gasteiger partial charge in [-0.05, 0) is 33.9 Å². The molecule has 2 aromatic rings. The smallest absolute Gasteiger partial charge is 0.336 e. The monoisotopic (exact) mass is 272 g/mol. The van der Waals surface area contributed by atoms with Crippen LogP contribution in [0.3, 0.4) is 0 Å². The maximum absolute atomic E-state index is 11.2. The lowest BCUT2D eigenvalue weighted by Gasteiger charge is -2.19. The number of fused-ring (bicyclic) bond motifs is 1. The maximum Gasteiger partial charge on any atom is 0.336 e. The predicted octanol–water partition coefficient (Wildman–Crippen LogP) is 3.53. The average Bonchev–Trinajstić information content (AvgIpc) is 2.35. The maximum atomic E-state index is 11.2. The molecule has 20 heavy (non-hydrogen) atoms. The minimum atomic E-state index is -1.23. The van der Waals surface area contributed by atoms with E-state index in [0.29, 0.717) is 0 Å². The van der Waals surface area contributed by atoms with Crippen LogP contribution in [0, 0.1) is 0 Å².